The van der Waals surface area contributed by atoms with Crippen molar-refractivity contribution in [3.05, 3.63) is 23.4 Å². The van der Waals surface area contributed by atoms with E-state index in [9.17, 15) is 14.7 Å². The highest BCUT2D eigenvalue weighted by Gasteiger charge is 2.43. The van der Waals surface area contributed by atoms with Crippen molar-refractivity contribution in [2.45, 2.75) is 31.2 Å². The molecule has 1 fully saturated rings. The second kappa shape index (κ2) is 7.10. The number of hydrogen-bond donors (Lipinski definition) is 2. The van der Waals surface area contributed by atoms with Crippen molar-refractivity contribution in [2.24, 2.45) is 0 Å². The summed E-state index contributed by atoms with van der Waals surface area (Å²) in [6, 6.07) is 3.81. The van der Waals surface area contributed by atoms with Crippen LogP contribution in [0.3, 0.4) is 0 Å². The number of ether oxygens (including phenoxy) is 1. The third-order valence-corrected chi connectivity index (χ3v) is 4.68. The predicted octanol–water partition coefficient (Wildman–Crippen LogP) is 1.48. The molecule has 2 aromatic rings. The quantitative estimate of drug-likeness (QED) is 0.776. The number of hydrogen-bond acceptors (Lipinski definition) is 7. The van der Waals surface area contributed by atoms with E-state index in [-0.39, 0.29) is 25.4 Å². The molecule has 0 saturated carbocycles. The van der Waals surface area contributed by atoms with E-state index >= 15 is 0 Å². The molecule has 3 rings (SSSR count). The third kappa shape index (κ3) is 3.62. The van der Waals surface area contributed by atoms with Gasteiger partial charge in [0.25, 0.3) is 0 Å². The van der Waals surface area contributed by atoms with Crippen molar-refractivity contribution in [1.82, 2.24) is 15.5 Å². The summed E-state index contributed by atoms with van der Waals surface area (Å²) in [5.41, 5.74) is -1.30. The Hall–Kier alpha value is -2.26. The SMILES string of the molecule is O=C(CCCc1nc(-c2cccs2)no1)NC1(C(=O)O)CCOC1. The highest BCUT2D eigenvalue weighted by Crippen LogP contribution is 2.22. The van der Waals surface area contributed by atoms with Gasteiger partial charge in [-0.1, -0.05) is 11.2 Å². The molecule has 128 valence electrons. The molecule has 1 saturated heterocycles. The summed E-state index contributed by atoms with van der Waals surface area (Å²) in [7, 11) is 0. The average molecular weight is 351 g/mol. The molecule has 8 nitrogen and oxygen atoms in total. The molecular formula is C15H17N3O5S. The van der Waals surface area contributed by atoms with Gasteiger partial charge in [0.15, 0.2) is 5.54 Å². The van der Waals surface area contributed by atoms with Crippen molar-refractivity contribution in [3.63, 3.8) is 0 Å². The molecule has 24 heavy (non-hydrogen) atoms. The molecule has 1 aliphatic heterocycles. The molecule has 1 aliphatic rings. The van der Waals surface area contributed by atoms with Crippen LogP contribution in [0.15, 0.2) is 22.0 Å². The number of aliphatic carboxylic acids is 1. The Morgan fingerprint density at radius 1 is 1.46 bits per heavy atom. The zero-order valence-electron chi connectivity index (χ0n) is 12.9. The number of carbonyl (C=O) groups excluding carboxylic acids is 1. The Morgan fingerprint density at radius 2 is 2.33 bits per heavy atom. The lowest BCUT2D eigenvalue weighted by Gasteiger charge is -2.23. The number of aromatic nitrogens is 2. The molecule has 0 radical (unpaired) electrons. The number of aryl methyl sites for hydroxylation is 1. The molecule has 0 aliphatic carbocycles. The molecule has 1 unspecified atom stereocenters. The van der Waals surface area contributed by atoms with Crippen LogP contribution in [0.1, 0.15) is 25.2 Å². The topological polar surface area (TPSA) is 115 Å². The highest BCUT2D eigenvalue weighted by atomic mass is 32.1. The van der Waals surface area contributed by atoms with E-state index in [2.05, 4.69) is 15.5 Å². The van der Waals surface area contributed by atoms with Crippen molar-refractivity contribution in [3.8, 4) is 10.7 Å². The lowest BCUT2D eigenvalue weighted by Crippen LogP contribution is -2.55. The molecule has 0 bridgehead atoms. The van der Waals surface area contributed by atoms with Crippen molar-refractivity contribution in [2.75, 3.05) is 13.2 Å². The number of carboxylic acid groups (broad SMARTS) is 1. The molecule has 0 aromatic carbocycles. The highest BCUT2D eigenvalue weighted by molar-refractivity contribution is 7.13. The summed E-state index contributed by atoms with van der Waals surface area (Å²) in [5, 5.41) is 17.7. The lowest BCUT2D eigenvalue weighted by atomic mass is 9.98. The van der Waals surface area contributed by atoms with Gasteiger partial charge in [0, 0.05) is 25.9 Å². The first kappa shape index (κ1) is 16.6. The van der Waals surface area contributed by atoms with Gasteiger partial charge in [-0.05, 0) is 17.9 Å². The summed E-state index contributed by atoms with van der Waals surface area (Å²) in [6.07, 6.45) is 1.42. The Morgan fingerprint density at radius 3 is 3.00 bits per heavy atom. The number of carbonyl (C=O) groups is 2. The number of nitrogens with zero attached hydrogens (tertiary/aromatic N) is 2. The number of rotatable bonds is 7. The largest absolute Gasteiger partial charge is 0.479 e. The number of thiophene rings is 1. The van der Waals surface area contributed by atoms with E-state index in [1.807, 2.05) is 17.5 Å². The lowest BCUT2D eigenvalue weighted by molar-refractivity contribution is -0.147. The zero-order chi connectivity index (χ0) is 17.0. The minimum absolute atomic E-state index is 0.00189. The van der Waals surface area contributed by atoms with Gasteiger partial charge in [-0.25, -0.2) is 4.79 Å². The fourth-order valence-corrected chi connectivity index (χ4v) is 3.13. The van der Waals surface area contributed by atoms with E-state index in [4.69, 9.17) is 9.26 Å². The summed E-state index contributed by atoms with van der Waals surface area (Å²) >= 11 is 1.52. The van der Waals surface area contributed by atoms with Crippen LogP contribution in [0.5, 0.6) is 0 Å². The first-order valence-electron chi connectivity index (χ1n) is 7.58. The molecule has 0 spiro atoms. The van der Waals surface area contributed by atoms with Crippen molar-refractivity contribution < 1.29 is 24.0 Å². The zero-order valence-corrected chi connectivity index (χ0v) is 13.7. The second-order valence-electron chi connectivity index (χ2n) is 5.58. The van der Waals surface area contributed by atoms with Crippen LogP contribution < -0.4 is 5.32 Å². The molecule has 2 N–H and O–H groups in total. The van der Waals surface area contributed by atoms with Crippen LogP contribution in [0, 0.1) is 0 Å². The Balaban J connectivity index is 1.48. The first-order chi connectivity index (χ1) is 11.6. The van der Waals surface area contributed by atoms with Crippen LogP contribution in [-0.2, 0) is 20.7 Å². The standard InChI is InChI=1S/C15H17N3O5S/c19-11(17-15(14(20)21)6-7-22-9-15)4-1-5-12-16-13(18-23-12)10-3-2-8-24-10/h2-3,8H,1,4-7,9H2,(H,17,19)(H,20,21). The van der Waals surface area contributed by atoms with Gasteiger partial charge in [-0.2, -0.15) is 4.98 Å². The maximum absolute atomic E-state index is 12.0. The molecular weight excluding hydrogens is 334 g/mol. The minimum atomic E-state index is -1.30. The number of carboxylic acids is 1. The Kier molecular flexibility index (Phi) is 4.91. The molecule has 9 heteroatoms. The summed E-state index contributed by atoms with van der Waals surface area (Å²) < 4.78 is 10.3. The minimum Gasteiger partial charge on any atom is -0.479 e. The monoisotopic (exact) mass is 351 g/mol. The molecule has 1 atom stereocenters. The van der Waals surface area contributed by atoms with Gasteiger partial charge in [0.05, 0.1) is 11.5 Å². The Bertz CT molecular complexity index is 707. The van der Waals surface area contributed by atoms with Gasteiger partial charge in [0.1, 0.15) is 0 Å². The van der Waals surface area contributed by atoms with Crippen LogP contribution in [0.25, 0.3) is 10.7 Å². The number of nitrogens with one attached hydrogen (secondary N) is 1. The van der Waals surface area contributed by atoms with Crippen LogP contribution in [-0.4, -0.2) is 45.9 Å². The first-order valence-corrected chi connectivity index (χ1v) is 8.46. The van der Waals surface area contributed by atoms with E-state index in [1.165, 1.54) is 11.3 Å². The van der Waals surface area contributed by atoms with Gasteiger partial charge < -0.3 is 19.7 Å². The van der Waals surface area contributed by atoms with E-state index in [0.717, 1.165) is 4.88 Å². The number of amides is 1. The normalized spacial score (nSPS) is 20.2. The summed E-state index contributed by atoms with van der Waals surface area (Å²) in [6.45, 7) is 0.335. The molecule has 2 aromatic heterocycles. The fourth-order valence-electron chi connectivity index (χ4n) is 2.48. The third-order valence-electron chi connectivity index (χ3n) is 3.81. The van der Waals surface area contributed by atoms with Crippen LogP contribution >= 0.6 is 11.3 Å². The molecule has 3 heterocycles. The maximum Gasteiger partial charge on any atom is 0.331 e. The van der Waals surface area contributed by atoms with Gasteiger partial charge in [-0.15, -0.1) is 11.3 Å². The summed E-state index contributed by atoms with van der Waals surface area (Å²) in [4.78, 5) is 28.5. The van der Waals surface area contributed by atoms with Gasteiger partial charge >= 0.3 is 5.97 Å². The van der Waals surface area contributed by atoms with Gasteiger partial charge in [0.2, 0.25) is 17.6 Å². The van der Waals surface area contributed by atoms with E-state index in [1.54, 1.807) is 0 Å². The van der Waals surface area contributed by atoms with Crippen LogP contribution in [0.4, 0.5) is 0 Å². The van der Waals surface area contributed by atoms with Crippen molar-refractivity contribution >= 4 is 23.2 Å². The Labute approximate surface area is 141 Å². The molecule has 1 amide bonds. The second-order valence-corrected chi connectivity index (χ2v) is 6.53. The average Bonchev–Trinajstić information content (AvgIpc) is 3.29. The van der Waals surface area contributed by atoms with E-state index in [0.29, 0.717) is 31.2 Å². The van der Waals surface area contributed by atoms with Crippen molar-refractivity contribution in [1.29, 1.82) is 0 Å². The van der Waals surface area contributed by atoms with Crippen LogP contribution in [0.2, 0.25) is 0 Å². The predicted molar refractivity (Wildman–Crippen MR) is 84.5 cm³/mol. The van der Waals surface area contributed by atoms with E-state index < -0.39 is 11.5 Å². The maximum atomic E-state index is 12.0. The van der Waals surface area contributed by atoms with Gasteiger partial charge in [-0.3, -0.25) is 4.79 Å². The summed E-state index contributed by atoms with van der Waals surface area (Å²) in [5.74, 6) is -0.382. The smallest absolute Gasteiger partial charge is 0.331 e. The fraction of sp³-hybridized carbons (Fsp3) is 0.467.